The number of halogens is 5. The highest BCUT2D eigenvalue weighted by Crippen LogP contribution is 2.37. The van der Waals surface area contributed by atoms with E-state index in [1.807, 2.05) is 0 Å². The van der Waals surface area contributed by atoms with E-state index in [1.54, 1.807) is 0 Å². The molecule has 0 atom stereocenters. The van der Waals surface area contributed by atoms with Gasteiger partial charge in [0.25, 0.3) is 0 Å². The van der Waals surface area contributed by atoms with Gasteiger partial charge >= 0.3 is 6.18 Å². The Morgan fingerprint density at radius 1 is 0.950 bits per heavy atom. The predicted molar refractivity (Wildman–Crippen MR) is 65.5 cm³/mol. The van der Waals surface area contributed by atoms with Crippen LogP contribution < -0.4 is 11.1 Å². The highest BCUT2D eigenvalue weighted by atomic mass is 19.4. The van der Waals surface area contributed by atoms with Crippen molar-refractivity contribution in [2.45, 2.75) is 6.18 Å². The fourth-order valence-electron chi connectivity index (χ4n) is 1.67. The van der Waals surface area contributed by atoms with Crippen LogP contribution in [0.1, 0.15) is 5.56 Å². The minimum absolute atomic E-state index is 0.265. The van der Waals surface area contributed by atoms with Crippen LogP contribution in [-0.2, 0) is 6.18 Å². The molecule has 0 heterocycles. The van der Waals surface area contributed by atoms with E-state index in [2.05, 4.69) is 5.32 Å². The van der Waals surface area contributed by atoms with Crippen molar-refractivity contribution in [3.63, 3.8) is 0 Å². The van der Waals surface area contributed by atoms with E-state index in [0.717, 1.165) is 18.2 Å². The standard InChI is InChI=1S/C13H9F5N2/c14-7-5-9(15)12(19)11(6-7)20-10-4-2-1-3-8(10)13(16,17)18/h1-6,20H,19H2. The lowest BCUT2D eigenvalue weighted by atomic mass is 10.1. The predicted octanol–water partition coefficient (Wildman–Crippen LogP) is 4.31. The number of para-hydroxylation sites is 1. The lowest BCUT2D eigenvalue weighted by molar-refractivity contribution is -0.136. The van der Waals surface area contributed by atoms with Crippen LogP contribution in [0.5, 0.6) is 0 Å². The molecule has 2 nitrogen and oxygen atoms in total. The van der Waals surface area contributed by atoms with Crippen LogP contribution in [-0.4, -0.2) is 0 Å². The van der Waals surface area contributed by atoms with E-state index in [0.29, 0.717) is 6.07 Å². The topological polar surface area (TPSA) is 38.0 Å². The quantitative estimate of drug-likeness (QED) is 0.638. The summed E-state index contributed by atoms with van der Waals surface area (Å²) in [5.74, 6) is -1.99. The van der Waals surface area contributed by atoms with Gasteiger partial charge in [0.1, 0.15) is 5.82 Å². The third kappa shape index (κ3) is 2.81. The Kier molecular flexibility index (Phi) is 3.52. The van der Waals surface area contributed by atoms with Gasteiger partial charge in [0, 0.05) is 6.07 Å². The molecule has 106 valence electrons. The molecule has 2 rings (SSSR count). The average Bonchev–Trinajstić information content (AvgIpc) is 2.34. The van der Waals surface area contributed by atoms with Crippen molar-refractivity contribution in [2.24, 2.45) is 0 Å². The van der Waals surface area contributed by atoms with Crippen LogP contribution in [0.3, 0.4) is 0 Å². The van der Waals surface area contributed by atoms with Crippen molar-refractivity contribution in [2.75, 3.05) is 11.1 Å². The molecule has 7 heteroatoms. The first kappa shape index (κ1) is 14.1. The molecule has 0 saturated carbocycles. The molecular weight excluding hydrogens is 279 g/mol. The SMILES string of the molecule is Nc1c(F)cc(F)cc1Nc1ccccc1C(F)(F)F. The summed E-state index contributed by atoms with van der Waals surface area (Å²) >= 11 is 0. The molecule has 20 heavy (non-hydrogen) atoms. The zero-order chi connectivity index (χ0) is 14.9. The molecule has 0 aromatic heterocycles. The Bertz CT molecular complexity index is 637. The molecule has 0 bridgehead atoms. The van der Waals surface area contributed by atoms with Gasteiger partial charge in [-0.2, -0.15) is 13.2 Å². The highest BCUT2D eigenvalue weighted by molar-refractivity contribution is 5.74. The second kappa shape index (κ2) is 4.99. The zero-order valence-electron chi connectivity index (χ0n) is 9.93. The maximum absolute atomic E-state index is 13.3. The Balaban J connectivity index is 2.46. The molecule has 0 unspecified atom stereocenters. The van der Waals surface area contributed by atoms with Crippen LogP contribution >= 0.6 is 0 Å². The zero-order valence-corrected chi connectivity index (χ0v) is 9.93. The van der Waals surface area contributed by atoms with E-state index < -0.39 is 29.1 Å². The molecule has 0 spiro atoms. The summed E-state index contributed by atoms with van der Waals surface area (Å²) in [4.78, 5) is 0. The largest absolute Gasteiger partial charge is 0.418 e. The maximum Gasteiger partial charge on any atom is 0.418 e. The smallest absolute Gasteiger partial charge is 0.395 e. The fourth-order valence-corrected chi connectivity index (χ4v) is 1.67. The van der Waals surface area contributed by atoms with Gasteiger partial charge in [-0.05, 0) is 18.2 Å². The summed E-state index contributed by atoms with van der Waals surface area (Å²) in [6, 6.07) is 5.95. The Hall–Kier alpha value is -2.31. The van der Waals surface area contributed by atoms with E-state index in [4.69, 9.17) is 5.73 Å². The molecule has 0 saturated heterocycles. The van der Waals surface area contributed by atoms with Gasteiger partial charge < -0.3 is 11.1 Å². The van der Waals surface area contributed by atoms with Crippen molar-refractivity contribution in [3.8, 4) is 0 Å². The fraction of sp³-hybridized carbons (Fsp3) is 0.0769. The van der Waals surface area contributed by atoms with Crippen LogP contribution in [0.2, 0.25) is 0 Å². The monoisotopic (exact) mass is 288 g/mol. The molecule has 0 amide bonds. The third-order valence-corrected chi connectivity index (χ3v) is 2.60. The number of hydrogen-bond acceptors (Lipinski definition) is 2. The molecule has 3 N–H and O–H groups in total. The average molecular weight is 288 g/mol. The molecule has 0 fully saturated rings. The molecule has 2 aromatic carbocycles. The van der Waals surface area contributed by atoms with Crippen molar-refractivity contribution < 1.29 is 22.0 Å². The van der Waals surface area contributed by atoms with Gasteiger partial charge in [0.15, 0.2) is 5.82 Å². The molecule has 0 aliphatic heterocycles. The van der Waals surface area contributed by atoms with Crippen molar-refractivity contribution in [1.82, 2.24) is 0 Å². The molecular formula is C13H9F5N2. The van der Waals surface area contributed by atoms with Crippen LogP contribution in [0.25, 0.3) is 0 Å². The Morgan fingerprint density at radius 2 is 1.60 bits per heavy atom. The summed E-state index contributed by atoms with van der Waals surface area (Å²) in [5.41, 5.74) is 3.36. The lowest BCUT2D eigenvalue weighted by Crippen LogP contribution is -2.09. The summed E-state index contributed by atoms with van der Waals surface area (Å²) in [6.45, 7) is 0. The maximum atomic E-state index is 13.3. The summed E-state index contributed by atoms with van der Waals surface area (Å²) in [7, 11) is 0. The van der Waals surface area contributed by atoms with Crippen LogP contribution in [0.4, 0.5) is 39.0 Å². The number of nitrogens with one attached hydrogen (secondary N) is 1. The van der Waals surface area contributed by atoms with Crippen LogP contribution in [0, 0.1) is 11.6 Å². The first-order chi connectivity index (χ1) is 9.29. The number of hydrogen-bond donors (Lipinski definition) is 2. The first-order valence-electron chi connectivity index (χ1n) is 5.47. The number of rotatable bonds is 2. The Labute approximate surface area is 111 Å². The van der Waals surface area contributed by atoms with Crippen molar-refractivity contribution in [3.05, 3.63) is 53.6 Å². The number of nitrogens with two attached hydrogens (primary N) is 1. The third-order valence-electron chi connectivity index (χ3n) is 2.60. The normalized spacial score (nSPS) is 11.4. The summed E-state index contributed by atoms with van der Waals surface area (Å²) in [6.07, 6.45) is -4.59. The molecule has 2 aromatic rings. The minimum atomic E-state index is -4.59. The highest BCUT2D eigenvalue weighted by Gasteiger charge is 2.33. The van der Waals surface area contributed by atoms with Crippen molar-refractivity contribution in [1.29, 1.82) is 0 Å². The molecule has 0 aliphatic rings. The van der Waals surface area contributed by atoms with E-state index >= 15 is 0 Å². The van der Waals surface area contributed by atoms with Gasteiger partial charge in [-0.1, -0.05) is 12.1 Å². The van der Waals surface area contributed by atoms with Gasteiger partial charge in [0.05, 0.1) is 22.6 Å². The van der Waals surface area contributed by atoms with E-state index in [-0.39, 0.29) is 11.4 Å². The van der Waals surface area contributed by atoms with Gasteiger partial charge in [0.2, 0.25) is 0 Å². The second-order valence-electron chi connectivity index (χ2n) is 4.02. The second-order valence-corrected chi connectivity index (χ2v) is 4.02. The van der Waals surface area contributed by atoms with Gasteiger partial charge in [-0.3, -0.25) is 0 Å². The van der Waals surface area contributed by atoms with Gasteiger partial charge in [-0.25, -0.2) is 8.78 Å². The van der Waals surface area contributed by atoms with E-state index in [1.165, 1.54) is 12.1 Å². The number of nitrogen functional groups attached to an aromatic ring is 1. The minimum Gasteiger partial charge on any atom is -0.395 e. The Morgan fingerprint density at radius 3 is 2.25 bits per heavy atom. The molecule has 0 aliphatic carbocycles. The van der Waals surface area contributed by atoms with E-state index in [9.17, 15) is 22.0 Å². The summed E-state index contributed by atoms with van der Waals surface area (Å²) < 4.78 is 64.7. The number of anilines is 3. The van der Waals surface area contributed by atoms with Crippen LogP contribution in [0.15, 0.2) is 36.4 Å². The number of benzene rings is 2. The van der Waals surface area contributed by atoms with Gasteiger partial charge in [-0.15, -0.1) is 0 Å². The number of alkyl halides is 3. The summed E-state index contributed by atoms with van der Waals surface area (Å²) in [5, 5.41) is 2.30. The first-order valence-corrected chi connectivity index (χ1v) is 5.47. The molecule has 0 radical (unpaired) electrons. The lowest BCUT2D eigenvalue weighted by Gasteiger charge is -2.15. The van der Waals surface area contributed by atoms with Crippen molar-refractivity contribution >= 4 is 17.1 Å².